The van der Waals surface area contributed by atoms with Crippen LogP contribution in [0.15, 0.2) is 0 Å². The van der Waals surface area contributed by atoms with Gasteiger partial charge in [0.1, 0.15) is 5.41 Å². The molecule has 0 atom stereocenters. The van der Waals surface area contributed by atoms with Crippen LogP contribution in [0, 0.1) is 5.41 Å². The van der Waals surface area contributed by atoms with Gasteiger partial charge in [-0.15, -0.1) is 0 Å². The molecule has 4 nitrogen and oxygen atoms in total. The van der Waals surface area contributed by atoms with Gasteiger partial charge in [-0.25, -0.2) is 0 Å². The second-order valence-electron chi connectivity index (χ2n) is 3.72. The van der Waals surface area contributed by atoms with Gasteiger partial charge in [0.05, 0.1) is 19.8 Å². The molecule has 0 spiro atoms. The third-order valence-corrected chi connectivity index (χ3v) is 2.17. The predicted molar refractivity (Wildman–Crippen MR) is 52.8 cm³/mol. The van der Waals surface area contributed by atoms with Crippen molar-refractivity contribution >= 4 is 5.97 Å². The summed E-state index contributed by atoms with van der Waals surface area (Å²) in [5, 5.41) is 17.8. The van der Waals surface area contributed by atoms with Crippen LogP contribution in [0.4, 0.5) is 0 Å². The minimum atomic E-state index is -1.16. The van der Waals surface area contributed by atoms with Crippen LogP contribution in [0.25, 0.3) is 0 Å². The molecule has 0 aliphatic carbocycles. The highest BCUT2D eigenvalue weighted by Gasteiger charge is 2.33. The van der Waals surface area contributed by atoms with Gasteiger partial charge in [0, 0.05) is 0 Å². The standard InChI is InChI=1S/C10H20O4/c1-3-4-5-6-14-9(13)10(2,7-11)8-12/h11-12H,3-8H2,1-2H3. The van der Waals surface area contributed by atoms with Gasteiger partial charge < -0.3 is 14.9 Å². The smallest absolute Gasteiger partial charge is 0.316 e. The number of ether oxygens (including phenoxy) is 1. The van der Waals surface area contributed by atoms with Crippen molar-refractivity contribution in [1.29, 1.82) is 0 Å². The van der Waals surface area contributed by atoms with Gasteiger partial charge >= 0.3 is 5.97 Å². The van der Waals surface area contributed by atoms with Crippen LogP contribution in [0.2, 0.25) is 0 Å². The third-order valence-electron chi connectivity index (χ3n) is 2.17. The third kappa shape index (κ3) is 4.07. The molecule has 0 saturated heterocycles. The quantitative estimate of drug-likeness (QED) is 0.473. The Morgan fingerprint density at radius 3 is 2.29 bits per heavy atom. The molecule has 14 heavy (non-hydrogen) atoms. The summed E-state index contributed by atoms with van der Waals surface area (Å²) in [7, 11) is 0. The van der Waals surface area contributed by atoms with E-state index in [4.69, 9.17) is 14.9 Å². The largest absolute Gasteiger partial charge is 0.465 e. The highest BCUT2D eigenvalue weighted by Crippen LogP contribution is 2.16. The van der Waals surface area contributed by atoms with E-state index in [1.807, 2.05) is 0 Å². The molecule has 0 radical (unpaired) electrons. The Morgan fingerprint density at radius 1 is 1.29 bits per heavy atom. The van der Waals surface area contributed by atoms with E-state index in [1.165, 1.54) is 6.92 Å². The van der Waals surface area contributed by atoms with Crippen LogP contribution in [0.1, 0.15) is 33.1 Å². The number of aliphatic hydroxyl groups excluding tert-OH is 2. The van der Waals surface area contributed by atoms with Gasteiger partial charge in [0.15, 0.2) is 0 Å². The van der Waals surface area contributed by atoms with E-state index >= 15 is 0 Å². The number of carbonyl (C=O) groups excluding carboxylic acids is 1. The minimum Gasteiger partial charge on any atom is -0.465 e. The summed E-state index contributed by atoms with van der Waals surface area (Å²) in [5.74, 6) is -0.529. The number of aliphatic hydroxyl groups is 2. The lowest BCUT2D eigenvalue weighted by molar-refractivity contribution is -0.160. The first-order chi connectivity index (χ1) is 6.60. The fourth-order valence-corrected chi connectivity index (χ4v) is 0.870. The second-order valence-corrected chi connectivity index (χ2v) is 3.72. The average molecular weight is 204 g/mol. The van der Waals surface area contributed by atoms with Crippen molar-refractivity contribution in [2.24, 2.45) is 5.41 Å². The van der Waals surface area contributed by atoms with Crippen molar-refractivity contribution in [3.8, 4) is 0 Å². The van der Waals surface area contributed by atoms with Crippen LogP contribution in [0.3, 0.4) is 0 Å². The van der Waals surface area contributed by atoms with E-state index in [9.17, 15) is 4.79 Å². The Balaban J connectivity index is 3.82. The lowest BCUT2D eigenvalue weighted by Crippen LogP contribution is -2.37. The molecule has 4 heteroatoms. The molecule has 0 rings (SSSR count). The monoisotopic (exact) mass is 204 g/mol. The summed E-state index contributed by atoms with van der Waals surface area (Å²) in [5.41, 5.74) is -1.16. The maximum absolute atomic E-state index is 11.3. The van der Waals surface area contributed by atoms with E-state index in [1.54, 1.807) is 0 Å². The predicted octanol–water partition coefficient (Wildman–Crippen LogP) is 0.711. The Morgan fingerprint density at radius 2 is 1.86 bits per heavy atom. The number of hydrogen-bond donors (Lipinski definition) is 2. The molecule has 0 aliphatic rings. The van der Waals surface area contributed by atoms with E-state index in [0.29, 0.717) is 6.61 Å². The Kier molecular flexibility index (Phi) is 6.49. The maximum Gasteiger partial charge on any atom is 0.316 e. The van der Waals surface area contributed by atoms with Crippen LogP contribution in [0.5, 0.6) is 0 Å². The summed E-state index contributed by atoms with van der Waals surface area (Å²) >= 11 is 0. The van der Waals surface area contributed by atoms with Crippen LogP contribution in [-0.2, 0) is 9.53 Å². The molecule has 0 bridgehead atoms. The number of carbonyl (C=O) groups is 1. The zero-order valence-corrected chi connectivity index (χ0v) is 8.95. The SMILES string of the molecule is CCCCCOC(=O)C(C)(CO)CO. The minimum absolute atomic E-state index is 0.363. The first-order valence-corrected chi connectivity index (χ1v) is 4.99. The van der Waals surface area contributed by atoms with Gasteiger partial charge in [-0.3, -0.25) is 4.79 Å². The number of rotatable bonds is 7. The molecule has 0 saturated carbocycles. The lowest BCUT2D eigenvalue weighted by Gasteiger charge is -2.21. The normalized spacial score (nSPS) is 11.4. The maximum atomic E-state index is 11.3. The van der Waals surface area contributed by atoms with Crippen molar-refractivity contribution in [1.82, 2.24) is 0 Å². The van der Waals surface area contributed by atoms with Gasteiger partial charge in [-0.2, -0.15) is 0 Å². The number of unbranched alkanes of at least 4 members (excludes halogenated alkanes) is 2. The Labute approximate surface area is 84.9 Å². The van der Waals surface area contributed by atoms with Gasteiger partial charge in [0.25, 0.3) is 0 Å². The molecule has 0 aromatic heterocycles. The fourth-order valence-electron chi connectivity index (χ4n) is 0.870. The van der Waals surface area contributed by atoms with Crippen molar-refractivity contribution in [2.45, 2.75) is 33.1 Å². The Bertz CT molecular complexity index is 164. The summed E-state index contributed by atoms with van der Waals surface area (Å²) < 4.78 is 4.93. The zero-order chi connectivity index (χ0) is 11.0. The van der Waals surface area contributed by atoms with Crippen molar-refractivity contribution in [2.75, 3.05) is 19.8 Å². The van der Waals surface area contributed by atoms with E-state index in [-0.39, 0.29) is 0 Å². The van der Waals surface area contributed by atoms with Crippen molar-refractivity contribution in [3.63, 3.8) is 0 Å². The fraction of sp³-hybridized carbons (Fsp3) is 0.900. The summed E-state index contributed by atoms with van der Waals surface area (Å²) in [6.45, 7) is 3.12. The molecule has 0 aliphatic heterocycles. The average Bonchev–Trinajstić information content (AvgIpc) is 2.22. The highest BCUT2D eigenvalue weighted by atomic mass is 16.5. The van der Waals surface area contributed by atoms with Crippen molar-refractivity contribution in [3.05, 3.63) is 0 Å². The Hall–Kier alpha value is -0.610. The van der Waals surface area contributed by atoms with Crippen molar-refractivity contribution < 1.29 is 19.7 Å². The molecule has 84 valence electrons. The molecule has 0 unspecified atom stereocenters. The highest BCUT2D eigenvalue weighted by molar-refractivity contribution is 5.76. The first kappa shape index (κ1) is 13.4. The van der Waals surface area contributed by atoms with Crippen LogP contribution >= 0.6 is 0 Å². The van der Waals surface area contributed by atoms with Crippen LogP contribution in [-0.4, -0.2) is 36.0 Å². The van der Waals surface area contributed by atoms with E-state index in [2.05, 4.69) is 6.92 Å². The molecular weight excluding hydrogens is 184 g/mol. The van der Waals surface area contributed by atoms with Gasteiger partial charge in [-0.05, 0) is 13.3 Å². The molecular formula is C10H20O4. The second kappa shape index (κ2) is 6.79. The van der Waals surface area contributed by atoms with E-state index in [0.717, 1.165) is 19.3 Å². The molecule has 0 aromatic carbocycles. The topological polar surface area (TPSA) is 66.8 Å². The first-order valence-electron chi connectivity index (χ1n) is 4.99. The summed E-state index contributed by atoms with van der Waals surface area (Å²) in [4.78, 5) is 11.3. The number of hydrogen-bond acceptors (Lipinski definition) is 4. The lowest BCUT2D eigenvalue weighted by atomic mass is 9.93. The number of esters is 1. The summed E-state index contributed by atoms with van der Waals surface area (Å²) in [6, 6.07) is 0. The molecule has 0 heterocycles. The molecule has 0 amide bonds. The molecule has 0 aromatic rings. The molecule has 2 N–H and O–H groups in total. The van der Waals surface area contributed by atoms with E-state index < -0.39 is 24.6 Å². The zero-order valence-electron chi connectivity index (χ0n) is 8.95. The van der Waals surface area contributed by atoms with Gasteiger partial charge in [0.2, 0.25) is 0 Å². The molecule has 0 fully saturated rings. The summed E-state index contributed by atoms with van der Waals surface area (Å²) in [6.07, 6.45) is 2.91. The van der Waals surface area contributed by atoms with Crippen LogP contribution < -0.4 is 0 Å². The van der Waals surface area contributed by atoms with Gasteiger partial charge in [-0.1, -0.05) is 19.8 Å².